The maximum Gasteiger partial charge on any atom is 0.200 e. The zero-order valence-corrected chi connectivity index (χ0v) is 29.0. The Balaban J connectivity index is 1.39. The third-order valence-corrected chi connectivity index (χ3v) is 10.6. The van der Waals surface area contributed by atoms with Crippen LogP contribution in [0.3, 0.4) is 0 Å². The van der Waals surface area contributed by atoms with Crippen LogP contribution >= 0.6 is 0 Å². The van der Waals surface area contributed by atoms with Gasteiger partial charge in [0, 0.05) is 0 Å². The van der Waals surface area contributed by atoms with Crippen LogP contribution in [-0.4, -0.2) is 0 Å². The van der Waals surface area contributed by atoms with E-state index in [9.17, 15) is 52.7 Å². The maximum absolute atomic E-state index is 15.3. The third-order valence-electron chi connectivity index (χ3n) is 10.6. The van der Waals surface area contributed by atoms with Crippen molar-refractivity contribution in [2.45, 2.75) is 0 Å². The summed E-state index contributed by atoms with van der Waals surface area (Å²) in [5, 5.41) is -1.50. The third kappa shape index (κ3) is 5.05. The Kier molecular flexibility index (Phi) is 8.71. The molecule has 0 N–H and O–H groups in total. The van der Waals surface area contributed by atoms with E-state index in [0.29, 0.717) is 24.3 Å². The van der Waals surface area contributed by atoms with E-state index in [2.05, 4.69) is 0 Å². The second-order valence-corrected chi connectivity index (χ2v) is 13.6. The van der Waals surface area contributed by atoms with Gasteiger partial charge >= 0.3 is 0 Å². The number of fused-ring (bicyclic) bond motifs is 8. The number of halogens is 20. The summed E-state index contributed by atoms with van der Waals surface area (Å²) < 4.78 is 294. The Morgan fingerprint density at radius 3 is 0.403 bits per heavy atom. The van der Waals surface area contributed by atoms with E-state index in [1.54, 1.807) is 0 Å². The molecule has 0 bridgehead atoms. The van der Waals surface area contributed by atoms with Gasteiger partial charge in [-0.2, -0.15) is 0 Å². The van der Waals surface area contributed by atoms with Gasteiger partial charge in [0.1, 0.15) is 0 Å². The molecule has 0 radical (unpaired) electrons. The van der Waals surface area contributed by atoms with Crippen LogP contribution in [0.2, 0.25) is 0 Å². The van der Waals surface area contributed by atoms with E-state index >= 15 is 35.1 Å². The molecule has 0 heterocycles. The number of benzene rings is 7. The fraction of sp³-hybridized carbons (Fsp3) is 0. The standard InChI is InChI=1S/C42H6F20/c43-23-19(24(44)32(52)39(59)31(23)51)15-3-11-7-1-8-10(2-9(7)13(11)5-17(15)21-27(47)35(55)41(61)36(56)28(21)48)14-6-18(22-29(49)37(57)42(62)38(58)30(22)50)16(4-12(8)14)20-25(45)33(53)40(60)34(54)26(20)46/h1-6H. The molecule has 0 atom stereocenters. The SMILES string of the molecule is Fc1c(F)c(F)c(-c2cc3c(cc2-c2c(F)c(F)c(F)c(F)c2F)c2cc4c5cc(-c6c(F)c(F)c(F)c(F)c6F)c(-c6c(F)c(F)c(F)c(F)c6F)cc5c4cc32)c(F)c1F. The van der Waals surface area contributed by atoms with Gasteiger partial charge in [0.15, 0.2) is 93.1 Å². The van der Waals surface area contributed by atoms with Gasteiger partial charge in [-0.15, -0.1) is 0 Å². The Hall–Kier alpha value is -6.86. The molecule has 0 amide bonds. The van der Waals surface area contributed by atoms with Crippen LogP contribution in [0.25, 0.3) is 87.6 Å². The van der Waals surface area contributed by atoms with Gasteiger partial charge in [-0.05, 0) is 102 Å². The summed E-state index contributed by atoms with van der Waals surface area (Å²) in [4.78, 5) is 0. The van der Waals surface area contributed by atoms with E-state index in [4.69, 9.17) is 0 Å². The van der Waals surface area contributed by atoms with Crippen LogP contribution < -0.4 is 0 Å². The fourth-order valence-corrected chi connectivity index (χ4v) is 7.65. The predicted octanol–water partition coefficient (Wildman–Crippen LogP) is 14.6. The molecule has 62 heavy (non-hydrogen) atoms. The summed E-state index contributed by atoms with van der Waals surface area (Å²) in [6.07, 6.45) is 0. The lowest BCUT2D eigenvalue weighted by atomic mass is 9.80. The molecule has 0 aliphatic carbocycles. The summed E-state index contributed by atoms with van der Waals surface area (Å²) >= 11 is 0. The zero-order valence-electron chi connectivity index (χ0n) is 29.0. The van der Waals surface area contributed by atoms with Gasteiger partial charge in [0.2, 0.25) is 23.3 Å². The lowest BCUT2D eigenvalue weighted by molar-refractivity contribution is 0.380. The lowest BCUT2D eigenvalue weighted by Gasteiger charge is -2.23. The van der Waals surface area contributed by atoms with Crippen LogP contribution in [-0.2, 0) is 0 Å². The first-order valence-corrected chi connectivity index (χ1v) is 16.7. The van der Waals surface area contributed by atoms with Crippen molar-refractivity contribution < 1.29 is 87.8 Å². The zero-order chi connectivity index (χ0) is 45.0. The van der Waals surface area contributed by atoms with Crippen LogP contribution in [0.5, 0.6) is 0 Å². The molecule has 0 saturated heterocycles. The highest BCUT2D eigenvalue weighted by atomic mass is 19.2. The van der Waals surface area contributed by atoms with Gasteiger partial charge in [0.05, 0.1) is 22.3 Å². The van der Waals surface area contributed by atoms with E-state index in [1.165, 1.54) is 0 Å². The van der Waals surface area contributed by atoms with Gasteiger partial charge in [-0.3, -0.25) is 0 Å². The molecule has 20 heteroatoms. The predicted molar refractivity (Wildman–Crippen MR) is 180 cm³/mol. The summed E-state index contributed by atoms with van der Waals surface area (Å²) in [6, 6.07) is 4.44. The largest absolute Gasteiger partial charge is 0.203 e. The molecule has 0 aliphatic heterocycles. The highest BCUT2D eigenvalue weighted by Gasteiger charge is 2.36. The highest BCUT2D eigenvalue weighted by Crippen LogP contribution is 2.52. The van der Waals surface area contributed by atoms with E-state index in [1.807, 2.05) is 0 Å². The Morgan fingerprint density at radius 1 is 0.145 bits per heavy atom. The first-order chi connectivity index (χ1) is 29.1. The molecule has 9 rings (SSSR count). The fourth-order valence-electron chi connectivity index (χ4n) is 7.65. The molecule has 314 valence electrons. The second-order valence-electron chi connectivity index (χ2n) is 13.6. The quantitative estimate of drug-likeness (QED) is 0.0938. The molecular weight excluding hydrogens is 884 g/mol. The molecule has 0 nitrogen and oxygen atoms in total. The average molecular weight is 890 g/mol. The normalized spacial score (nSPS) is 12.2. The smallest absolute Gasteiger partial charge is 0.200 e. The van der Waals surface area contributed by atoms with Gasteiger partial charge in [0.25, 0.3) is 0 Å². The molecule has 0 saturated carbocycles. The van der Waals surface area contributed by atoms with Crippen LogP contribution in [0.15, 0.2) is 36.4 Å². The van der Waals surface area contributed by atoms with Crippen molar-refractivity contribution in [3.05, 3.63) is 153 Å². The van der Waals surface area contributed by atoms with E-state index < -0.39 is 161 Å². The van der Waals surface area contributed by atoms with Crippen LogP contribution in [0.4, 0.5) is 87.8 Å². The van der Waals surface area contributed by atoms with Crippen molar-refractivity contribution in [3.8, 4) is 44.5 Å². The molecule has 0 aliphatic rings. The Labute approximate surface area is 328 Å². The van der Waals surface area contributed by atoms with Crippen LogP contribution in [0.1, 0.15) is 0 Å². The first kappa shape index (κ1) is 40.5. The lowest BCUT2D eigenvalue weighted by Crippen LogP contribution is -2.08. The minimum Gasteiger partial charge on any atom is -0.203 e. The maximum atomic E-state index is 15.3. The van der Waals surface area contributed by atoms with E-state index in [0.717, 1.165) is 12.1 Å². The number of hydrogen-bond acceptors (Lipinski definition) is 0. The highest BCUT2D eigenvalue weighted by molar-refractivity contribution is 6.36. The first-order valence-electron chi connectivity index (χ1n) is 16.7. The summed E-state index contributed by atoms with van der Waals surface area (Å²) in [5.41, 5.74) is -12.8. The monoisotopic (exact) mass is 890 g/mol. The van der Waals surface area contributed by atoms with Crippen molar-refractivity contribution in [2.75, 3.05) is 0 Å². The topological polar surface area (TPSA) is 0 Å². The second kappa shape index (κ2) is 13.3. The molecule has 9 aromatic rings. The number of hydrogen-bond donors (Lipinski definition) is 0. The minimum absolute atomic E-state index is 0.0971. The van der Waals surface area contributed by atoms with Crippen molar-refractivity contribution in [3.63, 3.8) is 0 Å². The van der Waals surface area contributed by atoms with Crippen molar-refractivity contribution in [1.29, 1.82) is 0 Å². The minimum atomic E-state index is -2.69. The van der Waals surface area contributed by atoms with E-state index in [-0.39, 0.29) is 43.1 Å². The molecule has 0 aromatic heterocycles. The molecule has 0 fully saturated rings. The van der Waals surface area contributed by atoms with Crippen LogP contribution in [0, 0.1) is 116 Å². The molecule has 9 aromatic carbocycles. The van der Waals surface area contributed by atoms with Gasteiger partial charge in [-0.25, -0.2) is 87.8 Å². The molecular formula is C42H6F20. The Bertz CT molecular complexity index is 2950. The summed E-state index contributed by atoms with van der Waals surface area (Å²) in [5.74, 6) is -52.3. The average Bonchev–Trinajstić information content (AvgIpc) is 3.25. The van der Waals surface area contributed by atoms with Crippen molar-refractivity contribution in [2.24, 2.45) is 0 Å². The summed E-state index contributed by atoms with van der Waals surface area (Å²) in [6.45, 7) is 0. The van der Waals surface area contributed by atoms with Gasteiger partial charge in [-0.1, -0.05) is 0 Å². The van der Waals surface area contributed by atoms with Gasteiger partial charge < -0.3 is 0 Å². The molecule has 0 spiro atoms. The Morgan fingerprint density at radius 2 is 0.258 bits per heavy atom. The van der Waals surface area contributed by atoms with Crippen molar-refractivity contribution in [1.82, 2.24) is 0 Å². The number of rotatable bonds is 4. The molecule has 0 unspecified atom stereocenters. The van der Waals surface area contributed by atoms with Crippen molar-refractivity contribution >= 4 is 43.1 Å². The summed E-state index contributed by atoms with van der Waals surface area (Å²) in [7, 11) is 0.